The molecule has 0 fully saturated rings. The minimum Gasteiger partial charge on any atom is -0.346 e. The monoisotopic (exact) mass is 477 g/mol. The first-order chi connectivity index (χ1) is 12.3. The molecule has 0 nitrogen and oxygen atoms in total. The Morgan fingerprint density at radius 3 is 1.48 bits per heavy atom. The van der Waals surface area contributed by atoms with E-state index >= 15 is 0 Å². The van der Waals surface area contributed by atoms with Crippen LogP contribution in [0.4, 0.5) is 0 Å². The molecule has 0 spiro atoms. The van der Waals surface area contributed by atoms with Crippen LogP contribution in [0, 0.1) is 6.92 Å². The van der Waals surface area contributed by atoms with E-state index in [4.69, 9.17) is 0 Å². The van der Waals surface area contributed by atoms with Gasteiger partial charge in [0, 0.05) is 0 Å². The summed E-state index contributed by atoms with van der Waals surface area (Å²) in [5.74, 6) is 0. The van der Waals surface area contributed by atoms with Gasteiger partial charge in [-0.05, 0) is 0 Å². The summed E-state index contributed by atoms with van der Waals surface area (Å²) < 4.78 is 2.27. The molecule has 0 heterocycles. The van der Waals surface area contributed by atoms with Gasteiger partial charge in [0.25, 0.3) is 0 Å². The quantitative estimate of drug-likeness (QED) is 0.256. The van der Waals surface area contributed by atoms with Gasteiger partial charge >= 0.3 is 47.7 Å². The summed E-state index contributed by atoms with van der Waals surface area (Å²) in [5.41, 5.74) is 0. The maximum atomic E-state index is 3.25. The average molecular weight is 480 g/mol. The van der Waals surface area contributed by atoms with Gasteiger partial charge < -0.3 is 6.92 Å². The molecule has 0 aliphatic carbocycles. The number of hydrogen-bond acceptors (Lipinski definition) is 0. The fourth-order valence-corrected chi connectivity index (χ4v) is 2.99. The molecule has 0 atom stereocenters. The minimum absolute atomic E-state index is 0. The molecule has 0 bridgehead atoms. The molecule has 146 valence electrons. The molecule has 4 rings (SSSR count). The van der Waals surface area contributed by atoms with Crippen molar-refractivity contribution in [1.29, 1.82) is 0 Å². The molecule has 0 saturated heterocycles. The van der Waals surface area contributed by atoms with E-state index in [0.717, 1.165) is 0 Å². The first kappa shape index (κ1) is 28.2. The van der Waals surface area contributed by atoms with Crippen molar-refractivity contribution in [2.45, 2.75) is 26.7 Å². The van der Waals surface area contributed by atoms with Crippen LogP contribution in [0.1, 0.15) is 26.7 Å². The van der Waals surface area contributed by atoms with E-state index in [-0.39, 0.29) is 24.8 Å². The predicted molar refractivity (Wildman–Crippen MR) is 126 cm³/mol. The molecule has 27 heavy (non-hydrogen) atoms. The van der Waals surface area contributed by atoms with E-state index in [0.29, 0.717) is 0 Å². The molecule has 0 saturated carbocycles. The summed E-state index contributed by atoms with van der Waals surface area (Å²) >= 11 is 1.56. The van der Waals surface area contributed by atoms with Crippen LogP contribution in [0.25, 0.3) is 21.5 Å². The van der Waals surface area contributed by atoms with Gasteiger partial charge in [0.1, 0.15) is 0 Å². The Hall–Kier alpha value is -1.01. The molecule has 0 radical (unpaired) electrons. The maximum Gasteiger partial charge on any atom is -0.0809 e. The van der Waals surface area contributed by atoms with Crippen LogP contribution in [0.5, 0.6) is 0 Å². The molecule has 4 aromatic carbocycles. The van der Waals surface area contributed by atoms with Crippen LogP contribution in [-0.4, -0.2) is 3.71 Å². The summed E-state index contributed by atoms with van der Waals surface area (Å²) in [6.07, 6.45) is 2.61. The van der Waals surface area contributed by atoms with Gasteiger partial charge in [0.05, 0.1) is 0 Å². The van der Waals surface area contributed by atoms with Gasteiger partial charge in [-0.1, -0.05) is 12.1 Å². The van der Waals surface area contributed by atoms with Crippen LogP contribution in [0.2, 0.25) is 0 Å². The fourth-order valence-electron chi connectivity index (χ4n) is 2.28. The molecule has 0 aliphatic heterocycles. The number of hydrogen-bond donors (Lipinski definition) is 0. The van der Waals surface area contributed by atoms with Gasteiger partial charge in [0.15, 0.2) is 0 Å². The smallest absolute Gasteiger partial charge is 0.0809 e. The molecule has 0 aliphatic rings. The van der Waals surface area contributed by atoms with E-state index in [1.165, 1.54) is 34.4 Å². The van der Waals surface area contributed by atoms with Gasteiger partial charge in [-0.2, -0.15) is 42.0 Å². The van der Waals surface area contributed by atoms with Crippen LogP contribution >= 0.6 is 24.8 Å². The SMILES string of the molecule is CCC[CH]=[Zr].Cl.Cl.[CH2-]C.c1ccc2[cH-]ccc2c1.c1ccc2[cH-]ccc2c1. The summed E-state index contributed by atoms with van der Waals surface area (Å²) in [5, 5.41) is 5.32. The third-order valence-corrected chi connectivity index (χ3v) is 4.24. The number of fused-ring (bicyclic) bond motifs is 2. The van der Waals surface area contributed by atoms with Gasteiger partial charge in [-0.3, -0.25) is 0 Å². The number of halogens is 2. The molecule has 0 aromatic heterocycles. The normalized spacial score (nSPS) is 8.37. The van der Waals surface area contributed by atoms with E-state index in [1.54, 1.807) is 31.2 Å². The first-order valence-electron chi connectivity index (χ1n) is 8.75. The molecule has 0 N–H and O–H groups in total. The Bertz CT molecular complexity index is 704. The molecule has 3 heteroatoms. The number of rotatable bonds is 2. The molecule has 4 aromatic rings. The van der Waals surface area contributed by atoms with Crippen molar-refractivity contribution in [3.05, 3.63) is 91.9 Å². The molecule has 0 amide bonds. The van der Waals surface area contributed by atoms with Crippen molar-refractivity contribution in [1.82, 2.24) is 0 Å². The van der Waals surface area contributed by atoms with Crippen LogP contribution < -0.4 is 0 Å². The number of benzene rings is 2. The predicted octanol–water partition coefficient (Wildman–Crippen LogP) is 7.94. The van der Waals surface area contributed by atoms with Crippen molar-refractivity contribution in [3.8, 4) is 0 Å². The van der Waals surface area contributed by atoms with E-state index in [1.807, 2.05) is 0 Å². The Balaban J connectivity index is 0. The zero-order chi connectivity index (χ0) is 18.3. The second kappa shape index (κ2) is 18.4. The summed E-state index contributed by atoms with van der Waals surface area (Å²) in [4.78, 5) is 0. The van der Waals surface area contributed by atoms with E-state index in [2.05, 4.69) is 102 Å². The fraction of sp³-hybridized carbons (Fsp3) is 0.167. The Kier molecular flexibility index (Phi) is 19.2. The van der Waals surface area contributed by atoms with Gasteiger partial charge in [0.2, 0.25) is 0 Å². The van der Waals surface area contributed by atoms with E-state index in [9.17, 15) is 0 Å². The van der Waals surface area contributed by atoms with Crippen molar-refractivity contribution in [3.63, 3.8) is 0 Å². The summed E-state index contributed by atoms with van der Waals surface area (Å²) in [6.45, 7) is 7.19. The third-order valence-electron chi connectivity index (χ3n) is 3.53. The zero-order valence-corrected chi connectivity index (χ0v) is 20.2. The second-order valence-corrected chi connectivity index (χ2v) is 6.31. The summed E-state index contributed by atoms with van der Waals surface area (Å²) in [7, 11) is 0. The van der Waals surface area contributed by atoms with Crippen LogP contribution in [-0.2, 0) is 24.2 Å². The summed E-state index contributed by atoms with van der Waals surface area (Å²) in [6, 6.07) is 29.3. The third kappa shape index (κ3) is 10.8. The first-order valence-corrected chi connectivity index (χ1v) is 10.2. The van der Waals surface area contributed by atoms with Gasteiger partial charge in [-0.15, -0.1) is 84.1 Å². The van der Waals surface area contributed by atoms with Crippen molar-refractivity contribution in [2.24, 2.45) is 0 Å². The second-order valence-electron chi connectivity index (χ2n) is 5.30. The molecular formula is C24H29Cl2Zr-3. The van der Waals surface area contributed by atoms with Crippen LogP contribution in [0.3, 0.4) is 0 Å². The topological polar surface area (TPSA) is 0 Å². The molecule has 0 unspecified atom stereocenters. The Morgan fingerprint density at radius 2 is 1.19 bits per heavy atom. The van der Waals surface area contributed by atoms with Gasteiger partial charge in [-0.25, -0.2) is 0 Å². The zero-order valence-electron chi connectivity index (χ0n) is 16.1. The Morgan fingerprint density at radius 1 is 0.778 bits per heavy atom. The average Bonchev–Trinajstić information content (AvgIpc) is 3.34. The van der Waals surface area contributed by atoms with E-state index < -0.39 is 0 Å². The minimum atomic E-state index is 0. The van der Waals surface area contributed by atoms with Crippen molar-refractivity contribution in [2.75, 3.05) is 0 Å². The van der Waals surface area contributed by atoms with Crippen molar-refractivity contribution >= 4 is 50.1 Å². The Labute approximate surface area is 191 Å². The standard InChI is InChI=1S/2C9H7.C4H8.C2H5.2ClH.Zr/c2*1-2-5-9-7-3-6-8(9)4-1;1-3-4-2;1-2;;;/h2*1-7H;1H,3-4H2,2H3;1H2,2H3;2*1H;/q2*-1;;-1;;;. The van der Waals surface area contributed by atoms with Crippen LogP contribution in [0.15, 0.2) is 84.9 Å². The largest absolute Gasteiger partial charge is 0.346 e. The van der Waals surface area contributed by atoms with Crippen molar-refractivity contribution < 1.29 is 24.2 Å². The molecular weight excluding hydrogens is 450 g/mol. The number of unbranched alkanes of at least 4 members (excludes halogenated alkanes) is 1. The maximum absolute atomic E-state index is 3.25.